The number of amides is 1. The van der Waals surface area contributed by atoms with Crippen LogP contribution in [-0.4, -0.2) is 60.0 Å². The molecule has 1 saturated heterocycles. The molecule has 2 aliphatic rings. The van der Waals surface area contributed by atoms with E-state index >= 15 is 0 Å². The normalized spacial score (nSPS) is 20.1. The summed E-state index contributed by atoms with van der Waals surface area (Å²) in [5.74, 6) is 2.89. The number of fused-ring (bicyclic) bond motifs is 3. The summed E-state index contributed by atoms with van der Waals surface area (Å²) in [5, 5.41) is 4.33. The van der Waals surface area contributed by atoms with Gasteiger partial charge in [-0.25, -0.2) is 9.97 Å². The van der Waals surface area contributed by atoms with Crippen molar-refractivity contribution in [3.8, 4) is 0 Å². The van der Waals surface area contributed by atoms with Crippen LogP contribution in [0.2, 0.25) is 0 Å². The second-order valence-corrected chi connectivity index (χ2v) is 9.68. The molecule has 2 aromatic rings. The van der Waals surface area contributed by atoms with Crippen molar-refractivity contribution in [2.75, 3.05) is 44.2 Å². The Kier molecular flexibility index (Phi) is 6.35. The van der Waals surface area contributed by atoms with E-state index in [2.05, 4.69) is 29.0 Å². The molecule has 0 radical (unpaired) electrons. The average Bonchev–Trinajstić information content (AvgIpc) is 3.05. The number of carbonyl (C=O) groups is 1. The highest BCUT2D eigenvalue weighted by Crippen LogP contribution is 2.41. The van der Waals surface area contributed by atoms with Crippen molar-refractivity contribution >= 4 is 33.3 Å². The zero-order valence-corrected chi connectivity index (χ0v) is 18.8. The minimum absolute atomic E-state index is 0.146. The first-order chi connectivity index (χ1) is 14.0. The summed E-state index contributed by atoms with van der Waals surface area (Å²) in [7, 11) is 0. The summed E-state index contributed by atoms with van der Waals surface area (Å²) in [6, 6.07) is 0. The van der Waals surface area contributed by atoms with E-state index in [4.69, 9.17) is 9.97 Å². The van der Waals surface area contributed by atoms with Crippen LogP contribution in [0.25, 0.3) is 10.2 Å². The molecule has 2 aromatic heterocycles. The average molecular weight is 416 g/mol. The molecular weight excluding hydrogens is 382 g/mol. The summed E-state index contributed by atoms with van der Waals surface area (Å²) in [6.07, 6.45) is 5.74. The fraction of sp³-hybridized carbons (Fsp3) is 0.682. The lowest BCUT2D eigenvalue weighted by atomic mass is 9.89. The highest BCUT2D eigenvalue weighted by molar-refractivity contribution is 7.19. The number of carbonyl (C=O) groups excluding carboxylic acids is 1. The topological polar surface area (TPSA) is 61.4 Å². The van der Waals surface area contributed by atoms with Crippen LogP contribution in [0.5, 0.6) is 0 Å². The van der Waals surface area contributed by atoms with Crippen LogP contribution in [0.4, 0.5) is 5.82 Å². The van der Waals surface area contributed by atoms with Gasteiger partial charge in [-0.2, -0.15) is 0 Å². The summed E-state index contributed by atoms with van der Waals surface area (Å²) in [4.78, 5) is 29.1. The molecule has 1 aliphatic carbocycles. The Bertz CT molecular complexity index is 872. The van der Waals surface area contributed by atoms with Crippen molar-refractivity contribution in [3.05, 3.63) is 16.3 Å². The number of unbranched alkanes of at least 4 members (excludes halogenated alkanes) is 1. The second kappa shape index (κ2) is 8.96. The third kappa shape index (κ3) is 4.56. The summed E-state index contributed by atoms with van der Waals surface area (Å²) >= 11 is 1.87. The Morgan fingerprint density at radius 1 is 1.24 bits per heavy atom. The van der Waals surface area contributed by atoms with E-state index in [0.29, 0.717) is 6.54 Å². The van der Waals surface area contributed by atoms with Crippen LogP contribution >= 0.6 is 11.3 Å². The van der Waals surface area contributed by atoms with Crippen molar-refractivity contribution in [1.29, 1.82) is 0 Å². The predicted octanol–water partition coefficient (Wildman–Crippen LogP) is 3.16. The number of piperazine rings is 1. The molecule has 3 heterocycles. The van der Waals surface area contributed by atoms with E-state index in [1.807, 2.05) is 18.3 Å². The van der Waals surface area contributed by atoms with Gasteiger partial charge in [0.05, 0.1) is 11.9 Å². The van der Waals surface area contributed by atoms with Gasteiger partial charge in [-0.15, -0.1) is 11.3 Å². The molecule has 0 bridgehead atoms. The van der Waals surface area contributed by atoms with E-state index in [9.17, 15) is 4.79 Å². The lowest BCUT2D eigenvalue weighted by Crippen LogP contribution is -2.50. The number of hydrogen-bond donors (Lipinski definition) is 1. The maximum absolute atomic E-state index is 12.1. The molecule has 0 unspecified atom stereocenters. The van der Waals surface area contributed by atoms with Crippen LogP contribution < -0.4 is 10.2 Å². The zero-order chi connectivity index (χ0) is 20.4. The Hall–Kier alpha value is -1.73. The third-order valence-corrected chi connectivity index (χ3v) is 7.29. The number of aromatic nitrogens is 2. The van der Waals surface area contributed by atoms with Crippen LogP contribution in [0.1, 0.15) is 49.4 Å². The first-order valence-electron chi connectivity index (χ1n) is 11.1. The highest BCUT2D eigenvalue weighted by Gasteiger charge is 2.27. The number of nitrogens with zero attached hydrogens (tertiary/aromatic N) is 4. The Labute approximate surface area is 177 Å². The number of aryl methyl sites for hydroxylation is 2. The molecule has 1 aliphatic heterocycles. The Balaban J connectivity index is 1.46. The zero-order valence-electron chi connectivity index (χ0n) is 18.0. The molecular formula is C22H33N5OS. The van der Waals surface area contributed by atoms with Gasteiger partial charge >= 0.3 is 0 Å². The Morgan fingerprint density at radius 3 is 2.79 bits per heavy atom. The molecule has 7 heteroatoms. The fourth-order valence-corrected chi connectivity index (χ4v) is 5.86. The Morgan fingerprint density at radius 2 is 2.03 bits per heavy atom. The SMILES string of the molecule is CCCCNC(=O)CN1CCN(c2nc(C)nc3sc4c(c23)CC[C@H](C)C4)CC1. The maximum atomic E-state index is 12.1. The van der Waals surface area contributed by atoms with Crippen molar-refractivity contribution in [1.82, 2.24) is 20.2 Å². The minimum atomic E-state index is 0.146. The van der Waals surface area contributed by atoms with Crippen LogP contribution in [0.3, 0.4) is 0 Å². The van der Waals surface area contributed by atoms with Crippen LogP contribution in [0.15, 0.2) is 0 Å². The first kappa shape index (κ1) is 20.5. The maximum Gasteiger partial charge on any atom is 0.234 e. The van der Waals surface area contributed by atoms with Gasteiger partial charge < -0.3 is 10.2 Å². The quantitative estimate of drug-likeness (QED) is 0.735. The summed E-state index contributed by atoms with van der Waals surface area (Å²) in [5.41, 5.74) is 1.50. The molecule has 4 rings (SSSR count). The standard InChI is InChI=1S/C22H33N5OS/c1-4-5-8-23-19(28)14-26-9-11-27(12-10-26)21-20-17-7-6-15(2)13-18(17)29-22(20)25-16(3)24-21/h15H,4-14H2,1-3H3,(H,23,28)/t15-/m0/s1. The van der Waals surface area contributed by atoms with Gasteiger partial charge in [0.2, 0.25) is 5.91 Å². The lowest BCUT2D eigenvalue weighted by molar-refractivity contribution is -0.122. The monoisotopic (exact) mass is 415 g/mol. The molecule has 0 spiro atoms. The van der Waals surface area contributed by atoms with E-state index in [1.165, 1.54) is 28.7 Å². The molecule has 1 N–H and O–H groups in total. The van der Waals surface area contributed by atoms with E-state index in [0.717, 1.165) is 74.4 Å². The molecule has 0 saturated carbocycles. The largest absolute Gasteiger partial charge is 0.355 e. The number of nitrogens with one attached hydrogen (secondary N) is 1. The summed E-state index contributed by atoms with van der Waals surface area (Å²) in [6.45, 7) is 11.4. The lowest BCUT2D eigenvalue weighted by Gasteiger charge is -2.35. The van der Waals surface area contributed by atoms with E-state index in [-0.39, 0.29) is 5.91 Å². The van der Waals surface area contributed by atoms with Crippen molar-refractivity contribution in [2.24, 2.45) is 5.92 Å². The minimum Gasteiger partial charge on any atom is -0.355 e. The van der Waals surface area contributed by atoms with Gasteiger partial charge in [0.15, 0.2) is 0 Å². The number of anilines is 1. The van der Waals surface area contributed by atoms with Gasteiger partial charge in [0.25, 0.3) is 0 Å². The van der Waals surface area contributed by atoms with Gasteiger partial charge in [0, 0.05) is 37.6 Å². The van der Waals surface area contributed by atoms with Gasteiger partial charge in [-0.05, 0) is 44.1 Å². The van der Waals surface area contributed by atoms with E-state index < -0.39 is 0 Å². The molecule has 1 atom stereocenters. The molecule has 6 nitrogen and oxygen atoms in total. The smallest absolute Gasteiger partial charge is 0.234 e. The third-order valence-electron chi connectivity index (χ3n) is 6.14. The van der Waals surface area contributed by atoms with Crippen molar-refractivity contribution < 1.29 is 4.79 Å². The fourth-order valence-electron chi connectivity index (χ4n) is 4.44. The summed E-state index contributed by atoms with van der Waals surface area (Å²) < 4.78 is 0. The molecule has 158 valence electrons. The highest BCUT2D eigenvalue weighted by atomic mass is 32.1. The number of hydrogen-bond acceptors (Lipinski definition) is 6. The van der Waals surface area contributed by atoms with Crippen LogP contribution in [-0.2, 0) is 17.6 Å². The van der Waals surface area contributed by atoms with Gasteiger partial charge in [-0.3, -0.25) is 9.69 Å². The molecule has 29 heavy (non-hydrogen) atoms. The van der Waals surface area contributed by atoms with Gasteiger partial charge in [-0.1, -0.05) is 20.3 Å². The molecule has 0 aromatic carbocycles. The molecule has 1 amide bonds. The molecule has 1 fully saturated rings. The second-order valence-electron chi connectivity index (χ2n) is 8.59. The van der Waals surface area contributed by atoms with Gasteiger partial charge in [0.1, 0.15) is 16.5 Å². The van der Waals surface area contributed by atoms with Crippen molar-refractivity contribution in [2.45, 2.75) is 52.9 Å². The number of thiophene rings is 1. The predicted molar refractivity (Wildman–Crippen MR) is 120 cm³/mol. The van der Waals surface area contributed by atoms with Crippen LogP contribution in [0, 0.1) is 12.8 Å². The van der Waals surface area contributed by atoms with E-state index in [1.54, 1.807) is 0 Å². The number of rotatable bonds is 6. The van der Waals surface area contributed by atoms with Crippen molar-refractivity contribution in [3.63, 3.8) is 0 Å². The first-order valence-corrected chi connectivity index (χ1v) is 11.9.